The van der Waals surface area contributed by atoms with Gasteiger partial charge in [-0.3, -0.25) is 0 Å². The lowest BCUT2D eigenvalue weighted by atomic mass is 10.3. The van der Waals surface area contributed by atoms with E-state index < -0.39 is 0 Å². The molecular formula is C7H5Br2NO. The molecule has 0 radical (unpaired) electrons. The monoisotopic (exact) mass is 277 g/mol. The van der Waals surface area contributed by atoms with Gasteiger partial charge in [0.2, 0.25) is 0 Å². The van der Waals surface area contributed by atoms with E-state index in [1.54, 1.807) is 12.1 Å². The zero-order valence-electron chi connectivity index (χ0n) is 5.46. The van der Waals surface area contributed by atoms with Crippen molar-refractivity contribution < 1.29 is 5.11 Å². The second-order valence-corrected chi connectivity index (χ2v) is 3.28. The summed E-state index contributed by atoms with van der Waals surface area (Å²) in [4.78, 5) is 0. The number of nitrogens with zero attached hydrogens (tertiary/aromatic N) is 1. The SMILES string of the molecule is C#N.Oc1c(Br)cccc1Br. The van der Waals surface area contributed by atoms with Gasteiger partial charge < -0.3 is 5.11 Å². The summed E-state index contributed by atoms with van der Waals surface area (Å²) in [6.45, 7) is 3.50. The molecule has 1 aromatic carbocycles. The molecular weight excluding hydrogens is 274 g/mol. The van der Waals surface area contributed by atoms with Crippen LogP contribution in [0.3, 0.4) is 0 Å². The first-order chi connectivity index (χ1) is 5.22. The third kappa shape index (κ3) is 2.91. The Morgan fingerprint density at radius 2 is 1.55 bits per heavy atom. The van der Waals surface area contributed by atoms with Crippen molar-refractivity contribution in [3.05, 3.63) is 27.1 Å². The lowest BCUT2D eigenvalue weighted by Gasteiger charge is -1.96. The van der Waals surface area contributed by atoms with Crippen LogP contribution in [0, 0.1) is 11.8 Å². The van der Waals surface area contributed by atoms with Crippen LogP contribution in [0.15, 0.2) is 27.1 Å². The standard InChI is InChI=1S/C6H4Br2O.CHN/c7-4-2-1-3-5(8)6(4)9;1-2/h1-3,9H;1H. The summed E-state index contributed by atoms with van der Waals surface area (Å²) in [5, 5.41) is 15.6. The van der Waals surface area contributed by atoms with E-state index in [-0.39, 0.29) is 5.75 Å². The van der Waals surface area contributed by atoms with E-state index >= 15 is 0 Å². The molecule has 1 rings (SSSR count). The summed E-state index contributed by atoms with van der Waals surface area (Å²) >= 11 is 6.33. The molecule has 0 amide bonds. The molecule has 0 aliphatic rings. The van der Waals surface area contributed by atoms with E-state index in [9.17, 15) is 0 Å². The van der Waals surface area contributed by atoms with Gasteiger partial charge in [-0.15, -0.1) is 0 Å². The summed E-state index contributed by atoms with van der Waals surface area (Å²) < 4.78 is 1.41. The van der Waals surface area contributed by atoms with Crippen LogP contribution in [0.4, 0.5) is 0 Å². The van der Waals surface area contributed by atoms with Gasteiger partial charge in [-0.05, 0) is 44.0 Å². The molecule has 0 aliphatic heterocycles. The molecule has 0 atom stereocenters. The van der Waals surface area contributed by atoms with Crippen LogP contribution in [-0.4, -0.2) is 5.11 Å². The highest BCUT2D eigenvalue weighted by molar-refractivity contribution is 9.11. The number of halogens is 2. The average Bonchev–Trinajstić information content (AvgIpc) is 2.04. The summed E-state index contributed by atoms with van der Waals surface area (Å²) in [7, 11) is 0. The summed E-state index contributed by atoms with van der Waals surface area (Å²) in [6, 6.07) is 5.40. The van der Waals surface area contributed by atoms with Crippen LogP contribution in [0.2, 0.25) is 0 Å². The lowest BCUT2D eigenvalue weighted by molar-refractivity contribution is 0.468. The highest BCUT2D eigenvalue weighted by Crippen LogP contribution is 2.30. The van der Waals surface area contributed by atoms with Crippen LogP contribution in [0.1, 0.15) is 0 Å². The van der Waals surface area contributed by atoms with Crippen molar-refractivity contribution in [3.63, 3.8) is 0 Å². The maximum atomic E-state index is 9.11. The van der Waals surface area contributed by atoms with Crippen molar-refractivity contribution in [2.75, 3.05) is 0 Å². The third-order valence-electron chi connectivity index (χ3n) is 0.938. The smallest absolute Gasteiger partial charge is 0.143 e. The average molecular weight is 279 g/mol. The van der Waals surface area contributed by atoms with Gasteiger partial charge in [0.05, 0.1) is 8.95 Å². The van der Waals surface area contributed by atoms with Crippen LogP contribution < -0.4 is 0 Å². The van der Waals surface area contributed by atoms with Crippen LogP contribution in [0.5, 0.6) is 5.75 Å². The van der Waals surface area contributed by atoms with E-state index in [0.29, 0.717) is 8.95 Å². The second-order valence-electron chi connectivity index (χ2n) is 1.57. The Balaban J connectivity index is 0.000000461. The molecule has 0 fully saturated rings. The maximum Gasteiger partial charge on any atom is 0.143 e. The van der Waals surface area contributed by atoms with Crippen molar-refractivity contribution in [1.82, 2.24) is 0 Å². The van der Waals surface area contributed by atoms with E-state index in [2.05, 4.69) is 38.4 Å². The Morgan fingerprint density at radius 1 is 1.18 bits per heavy atom. The highest BCUT2D eigenvalue weighted by atomic mass is 79.9. The summed E-state index contributed by atoms with van der Waals surface area (Å²) in [6.07, 6.45) is 0. The predicted octanol–water partition coefficient (Wildman–Crippen LogP) is 3.06. The van der Waals surface area contributed by atoms with E-state index in [1.807, 2.05) is 6.07 Å². The summed E-state index contributed by atoms with van der Waals surface area (Å²) in [5.74, 6) is 0.248. The van der Waals surface area contributed by atoms with Crippen molar-refractivity contribution in [3.8, 4) is 12.3 Å². The number of hydrogen-bond acceptors (Lipinski definition) is 2. The second kappa shape index (κ2) is 5.16. The minimum atomic E-state index is 0.248. The summed E-state index contributed by atoms with van der Waals surface area (Å²) in [5.41, 5.74) is 0. The topological polar surface area (TPSA) is 44.0 Å². The number of phenolic OH excluding ortho intramolecular Hbond substituents is 1. The Kier molecular flexibility index (Phi) is 4.92. The number of hydrogen-bond donors (Lipinski definition) is 1. The molecule has 0 bridgehead atoms. The molecule has 0 aliphatic carbocycles. The largest absolute Gasteiger partial charge is 0.506 e. The predicted molar refractivity (Wildman–Crippen MR) is 50.2 cm³/mol. The molecule has 58 valence electrons. The molecule has 0 heterocycles. The molecule has 0 saturated heterocycles. The van der Waals surface area contributed by atoms with Crippen molar-refractivity contribution in [2.24, 2.45) is 0 Å². The number of nitriles is 1. The Hall–Kier alpha value is -0.530. The van der Waals surface area contributed by atoms with Crippen LogP contribution in [0.25, 0.3) is 0 Å². The molecule has 1 N–H and O–H groups in total. The minimum Gasteiger partial charge on any atom is -0.506 e. The van der Waals surface area contributed by atoms with Gasteiger partial charge in [0.15, 0.2) is 0 Å². The normalized spacial score (nSPS) is 8.00. The quantitative estimate of drug-likeness (QED) is 0.793. The van der Waals surface area contributed by atoms with Crippen molar-refractivity contribution >= 4 is 31.9 Å². The first kappa shape index (κ1) is 10.5. The number of rotatable bonds is 0. The number of aromatic hydroxyl groups is 1. The van der Waals surface area contributed by atoms with Gasteiger partial charge in [-0.2, -0.15) is 0 Å². The van der Waals surface area contributed by atoms with Gasteiger partial charge in [0.25, 0.3) is 0 Å². The fourth-order valence-electron chi connectivity index (χ4n) is 0.489. The molecule has 4 heteroatoms. The van der Waals surface area contributed by atoms with E-state index in [0.717, 1.165) is 0 Å². The lowest BCUT2D eigenvalue weighted by Crippen LogP contribution is -1.68. The molecule has 0 spiro atoms. The van der Waals surface area contributed by atoms with Crippen LogP contribution >= 0.6 is 31.9 Å². The first-order valence-electron chi connectivity index (χ1n) is 2.60. The highest BCUT2D eigenvalue weighted by Gasteiger charge is 1.98. The molecule has 1 aromatic rings. The van der Waals surface area contributed by atoms with E-state index in [4.69, 9.17) is 10.4 Å². The first-order valence-corrected chi connectivity index (χ1v) is 4.19. The number of benzene rings is 1. The maximum absolute atomic E-state index is 9.11. The van der Waals surface area contributed by atoms with Crippen LogP contribution in [-0.2, 0) is 0 Å². The Bertz CT molecular complexity index is 240. The van der Waals surface area contributed by atoms with E-state index in [1.165, 1.54) is 0 Å². The zero-order chi connectivity index (χ0) is 8.85. The van der Waals surface area contributed by atoms with Crippen molar-refractivity contribution in [2.45, 2.75) is 0 Å². The molecule has 2 nitrogen and oxygen atoms in total. The third-order valence-corrected chi connectivity index (χ3v) is 2.22. The van der Waals surface area contributed by atoms with Gasteiger partial charge in [-0.1, -0.05) is 6.07 Å². The minimum absolute atomic E-state index is 0.248. The number of phenols is 1. The molecule has 11 heavy (non-hydrogen) atoms. The fourth-order valence-corrected chi connectivity index (χ4v) is 1.49. The Labute approximate surface area is 81.7 Å². The Morgan fingerprint density at radius 3 is 1.82 bits per heavy atom. The molecule has 0 saturated carbocycles. The molecule has 0 unspecified atom stereocenters. The van der Waals surface area contributed by atoms with Gasteiger partial charge in [-0.25, -0.2) is 5.26 Å². The van der Waals surface area contributed by atoms with Gasteiger partial charge >= 0.3 is 0 Å². The molecule has 0 aromatic heterocycles. The van der Waals surface area contributed by atoms with Gasteiger partial charge in [0, 0.05) is 6.57 Å². The van der Waals surface area contributed by atoms with Gasteiger partial charge in [0.1, 0.15) is 5.75 Å². The fraction of sp³-hybridized carbons (Fsp3) is 0. The zero-order valence-corrected chi connectivity index (χ0v) is 8.63. The van der Waals surface area contributed by atoms with Crippen molar-refractivity contribution in [1.29, 1.82) is 5.26 Å². The number of para-hydroxylation sites is 1.